The molecule has 3 heterocycles. The highest BCUT2D eigenvalue weighted by atomic mass is 32.1. The predicted octanol–water partition coefficient (Wildman–Crippen LogP) is 2.36. The number of carboxylic acid groups (broad SMARTS) is 1. The lowest BCUT2D eigenvalue weighted by Gasteiger charge is -2.26. The summed E-state index contributed by atoms with van der Waals surface area (Å²) in [4.78, 5) is 29.7. The van der Waals surface area contributed by atoms with E-state index in [9.17, 15) is 14.7 Å². The Hall–Kier alpha value is -2.21. The molecule has 5 nitrogen and oxygen atoms in total. The molecule has 0 unspecified atom stereocenters. The van der Waals surface area contributed by atoms with Gasteiger partial charge in [0.05, 0.1) is 12.0 Å². The van der Waals surface area contributed by atoms with Gasteiger partial charge in [0.1, 0.15) is 0 Å². The van der Waals surface area contributed by atoms with Crippen LogP contribution in [0.15, 0.2) is 41.2 Å². The molecule has 1 amide bonds. The van der Waals surface area contributed by atoms with Gasteiger partial charge in [0, 0.05) is 31.3 Å². The van der Waals surface area contributed by atoms with Gasteiger partial charge >= 0.3 is 5.97 Å². The monoisotopic (exact) mass is 316 g/mol. The Morgan fingerprint density at radius 2 is 2.27 bits per heavy atom. The molecule has 2 atom stereocenters. The summed E-state index contributed by atoms with van der Waals surface area (Å²) in [6.45, 7) is 0.486. The normalized spacial score (nSPS) is 21.3. The number of carbonyl (C=O) groups excluding carboxylic acids is 1. The number of carboxylic acids is 1. The molecule has 0 spiro atoms. The van der Waals surface area contributed by atoms with Crippen LogP contribution in [0, 0.1) is 5.92 Å². The van der Waals surface area contributed by atoms with Crippen molar-refractivity contribution in [1.82, 2.24) is 9.88 Å². The fourth-order valence-electron chi connectivity index (χ4n) is 2.91. The zero-order chi connectivity index (χ0) is 15.5. The average molecular weight is 316 g/mol. The molecule has 1 aliphatic rings. The Labute approximate surface area is 132 Å². The van der Waals surface area contributed by atoms with Crippen molar-refractivity contribution in [1.29, 1.82) is 0 Å². The molecule has 1 fully saturated rings. The van der Waals surface area contributed by atoms with Crippen LogP contribution in [0.3, 0.4) is 0 Å². The summed E-state index contributed by atoms with van der Waals surface area (Å²) < 4.78 is 0. The number of aromatic nitrogens is 1. The van der Waals surface area contributed by atoms with E-state index in [1.165, 1.54) is 11.3 Å². The summed E-state index contributed by atoms with van der Waals surface area (Å²) in [5.74, 6) is -1.68. The van der Waals surface area contributed by atoms with Gasteiger partial charge in [-0.1, -0.05) is 6.07 Å². The van der Waals surface area contributed by atoms with Gasteiger partial charge in [0.25, 0.3) is 0 Å². The predicted molar refractivity (Wildman–Crippen MR) is 82.5 cm³/mol. The first-order chi connectivity index (χ1) is 10.7. The van der Waals surface area contributed by atoms with E-state index >= 15 is 0 Å². The standard InChI is InChI=1S/C16H16N2O3S/c19-14-9-13(16(20)21)15(11-5-8-22-10-11)18(14)7-4-12-3-1-2-6-17-12/h1-3,5-6,8,10,13,15H,4,7,9H2,(H,20,21)/t13-,15-/m0/s1. The second-order valence-corrected chi connectivity index (χ2v) is 6.09. The summed E-state index contributed by atoms with van der Waals surface area (Å²) >= 11 is 1.51. The Bertz CT molecular complexity index is 657. The molecule has 3 rings (SSSR count). The third-order valence-electron chi connectivity index (χ3n) is 3.97. The molecule has 0 saturated carbocycles. The first kappa shape index (κ1) is 14.7. The average Bonchev–Trinajstić information content (AvgIpc) is 3.13. The number of carbonyl (C=O) groups is 2. The summed E-state index contributed by atoms with van der Waals surface area (Å²) in [7, 11) is 0. The van der Waals surface area contributed by atoms with Crippen molar-refractivity contribution in [3.05, 3.63) is 52.5 Å². The van der Waals surface area contributed by atoms with Crippen molar-refractivity contribution < 1.29 is 14.7 Å². The second kappa shape index (κ2) is 6.27. The van der Waals surface area contributed by atoms with Gasteiger partial charge in [-0.15, -0.1) is 0 Å². The molecule has 1 saturated heterocycles. The molecule has 0 bridgehead atoms. The van der Waals surface area contributed by atoms with E-state index in [1.54, 1.807) is 11.1 Å². The maximum Gasteiger partial charge on any atom is 0.309 e. The number of hydrogen-bond donors (Lipinski definition) is 1. The van der Waals surface area contributed by atoms with Crippen molar-refractivity contribution in [2.45, 2.75) is 18.9 Å². The van der Waals surface area contributed by atoms with Gasteiger partial charge < -0.3 is 10.0 Å². The van der Waals surface area contributed by atoms with E-state index in [1.807, 2.05) is 35.0 Å². The molecule has 0 aromatic carbocycles. The summed E-state index contributed by atoms with van der Waals surface area (Å²) in [5.41, 5.74) is 1.81. The van der Waals surface area contributed by atoms with Gasteiger partial charge in [-0.25, -0.2) is 0 Å². The van der Waals surface area contributed by atoms with E-state index in [2.05, 4.69) is 4.98 Å². The highest BCUT2D eigenvalue weighted by molar-refractivity contribution is 7.08. The minimum Gasteiger partial charge on any atom is -0.481 e. The highest BCUT2D eigenvalue weighted by Crippen LogP contribution is 2.39. The second-order valence-electron chi connectivity index (χ2n) is 5.31. The van der Waals surface area contributed by atoms with Crippen LogP contribution in [-0.2, 0) is 16.0 Å². The van der Waals surface area contributed by atoms with Crippen molar-refractivity contribution in [2.75, 3.05) is 6.54 Å². The van der Waals surface area contributed by atoms with E-state index < -0.39 is 11.9 Å². The number of likely N-dealkylation sites (tertiary alicyclic amines) is 1. The molecule has 6 heteroatoms. The van der Waals surface area contributed by atoms with E-state index in [4.69, 9.17) is 0 Å². The molecule has 0 radical (unpaired) electrons. The zero-order valence-electron chi connectivity index (χ0n) is 11.9. The molecule has 22 heavy (non-hydrogen) atoms. The number of aliphatic carboxylic acids is 1. The minimum atomic E-state index is -0.912. The number of rotatable bonds is 5. The van der Waals surface area contributed by atoms with E-state index in [-0.39, 0.29) is 18.4 Å². The molecular formula is C16H16N2O3S. The maximum atomic E-state index is 12.3. The lowest BCUT2D eigenvalue weighted by atomic mass is 9.95. The van der Waals surface area contributed by atoms with E-state index in [0.717, 1.165) is 11.3 Å². The third-order valence-corrected chi connectivity index (χ3v) is 4.67. The van der Waals surface area contributed by atoms with Crippen LogP contribution in [0.1, 0.15) is 23.7 Å². The van der Waals surface area contributed by atoms with Gasteiger partial charge in [-0.05, 0) is 34.5 Å². The Kier molecular flexibility index (Phi) is 4.20. The summed E-state index contributed by atoms with van der Waals surface area (Å²) in [6.07, 6.45) is 2.41. The number of amides is 1. The van der Waals surface area contributed by atoms with Crippen LogP contribution < -0.4 is 0 Å². The molecule has 2 aromatic heterocycles. The molecule has 114 valence electrons. The fourth-order valence-corrected chi connectivity index (χ4v) is 3.60. The largest absolute Gasteiger partial charge is 0.481 e. The first-order valence-electron chi connectivity index (χ1n) is 7.11. The quantitative estimate of drug-likeness (QED) is 0.919. The topological polar surface area (TPSA) is 70.5 Å². The molecule has 1 aliphatic heterocycles. The van der Waals surface area contributed by atoms with Crippen molar-refractivity contribution in [2.24, 2.45) is 5.92 Å². The number of pyridine rings is 1. The number of hydrogen-bond acceptors (Lipinski definition) is 4. The molecular weight excluding hydrogens is 300 g/mol. The van der Waals surface area contributed by atoms with Gasteiger partial charge in [0.15, 0.2) is 0 Å². The highest BCUT2D eigenvalue weighted by Gasteiger charge is 2.44. The smallest absolute Gasteiger partial charge is 0.309 e. The molecule has 1 N–H and O–H groups in total. The molecule has 2 aromatic rings. The van der Waals surface area contributed by atoms with Crippen molar-refractivity contribution in [3.8, 4) is 0 Å². The van der Waals surface area contributed by atoms with E-state index in [0.29, 0.717) is 13.0 Å². The number of nitrogens with zero attached hydrogens (tertiary/aromatic N) is 2. The van der Waals surface area contributed by atoms with Crippen LogP contribution >= 0.6 is 11.3 Å². The minimum absolute atomic E-state index is 0.0675. The summed E-state index contributed by atoms with van der Waals surface area (Å²) in [5, 5.41) is 13.2. The van der Waals surface area contributed by atoms with Crippen LogP contribution in [0.2, 0.25) is 0 Å². The van der Waals surface area contributed by atoms with Crippen LogP contribution in [0.4, 0.5) is 0 Å². The van der Waals surface area contributed by atoms with Crippen LogP contribution in [0.5, 0.6) is 0 Å². The van der Waals surface area contributed by atoms with Crippen molar-refractivity contribution >= 4 is 23.2 Å². The third kappa shape index (κ3) is 2.87. The maximum absolute atomic E-state index is 12.3. The Balaban J connectivity index is 1.81. The van der Waals surface area contributed by atoms with Crippen molar-refractivity contribution in [3.63, 3.8) is 0 Å². The van der Waals surface area contributed by atoms with Gasteiger partial charge in [-0.2, -0.15) is 11.3 Å². The van der Waals surface area contributed by atoms with Crippen LogP contribution in [-0.4, -0.2) is 33.4 Å². The van der Waals surface area contributed by atoms with Crippen LogP contribution in [0.25, 0.3) is 0 Å². The van der Waals surface area contributed by atoms with Gasteiger partial charge in [-0.3, -0.25) is 14.6 Å². The Morgan fingerprint density at radius 1 is 1.41 bits per heavy atom. The summed E-state index contributed by atoms with van der Waals surface area (Å²) in [6, 6.07) is 7.19. The molecule has 0 aliphatic carbocycles. The first-order valence-corrected chi connectivity index (χ1v) is 8.05. The fraction of sp³-hybridized carbons (Fsp3) is 0.312. The lowest BCUT2D eigenvalue weighted by molar-refractivity contribution is -0.142. The van der Waals surface area contributed by atoms with Gasteiger partial charge in [0.2, 0.25) is 5.91 Å². The Morgan fingerprint density at radius 3 is 2.91 bits per heavy atom. The SMILES string of the molecule is O=C(O)[C@H]1CC(=O)N(CCc2ccccn2)[C@H]1c1ccsc1. The lowest BCUT2D eigenvalue weighted by Crippen LogP contribution is -2.32. The zero-order valence-corrected chi connectivity index (χ0v) is 12.7. The number of thiophene rings is 1.